The minimum absolute atomic E-state index is 0. The van der Waals surface area contributed by atoms with Crippen LogP contribution in [0.25, 0.3) is 9.88 Å². The molecule has 0 aliphatic heterocycles. The lowest BCUT2D eigenvalue weighted by Gasteiger charge is -2.10. The lowest BCUT2D eigenvalue weighted by molar-refractivity contribution is 0.0954. The van der Waals surface area contributed by atoms with Gasteiger partial charge in [0.05, 0.1) is 14.9 Å². The topological polar surface area (TPSA) is 54.0 Å². The van der Waals surface area contributed by atoms with Crippen LogP contribution in [0.3, 0.4) is 0 Å². The molecule has 1 unspecified atom stereocenters. The van der Waals surface area contributed by atoms with E-state index in [4.69, 9.17) is 11.6 Å². The molecule has 21 heavy (non-hydrogen) atoms. The average Bonchev–Trinajstić information content (AvgIpc) is 3.01. The molecule has 0 aliphatic carbocycles. The van der Waals surface area contributed by atoms with Crippen LogP contribution in [0.15, 0.2) is 12.1 Å². The number of halogens is 2. The normalized spacial score (nSPS) is 11.8. The third-order valence-electron chi connectivity index (χ3n) is 2.85. The Bertz CT molecular complexity index is 612. The van der Waals surface area contributed by atoms with Crippen molar-refractivity contribution in [3.63, 3.8) is 0 Å². The average molecular weight is 366 g/mol. The number of rotatable bonds is 5. The van der Waals surface area contributed by atoms with Crippen molar-refractivity contribution in [2.75, 3.05) is 13.6 Å². The number of amides is 1. The third-order valence-corrected chi connectivity index (χ3v) is 5.40. The Morgan fingerprint density at radius 1 is 1.43 bits per heavy atom. The van der Waals surface area contributed by atoms with Crippen molar-refractivity contribution in [1.29, 1.82) is 0 Å². The van der Waals surface area contributed by atoms with Gasteiger partial charge < -0.3 is 10.6 Å². The summed E-state index contributed by atoms with van der Waals surface area (Å²) >= 11 is 8.80. The Kier molecular flexibility index (Phi) is 7.09. The summed E-state index contributed by atoms with van der Waals surface area (Å²) < 4.78 is 0.724. The first-order valence-corrected chi connectivity index (χ1v) is 8.21. The molecular formula is C13H17Cl2N3OS2. The number of nitrogens with one attached hydrogen (secondary N) is 2. The molecule has 0 aliphatic rings. The van der Waals surface area contributed by atoms with Crippen LogP contribution in [-0.2, 0) is 0 Å². The number of carbonyl (C=O) groups excluding carboxylic acids is 1. The van der Waals surface area contributed by atoms with Gasteiger partial charge in [0.25, 0.3) is 5.91 Å². The zero-order chi connectivity index (χ0) is 14.7. The molecule has 1 atom stereocenters. The summed E-state index contributed by atoms with van der Waals surface area (Å²) in [6, 6.07) is 4.01. The SMILES string of the molecule is CNC(C)CNC(=O)c1sc(-c2ccc(Cl)s2)nc1C.Cl. The van der Waals surface area contributed by atoms with Crippen LogP contribution in [0, 0.1) is 6.92 Å². The van der Waals surface area contributed by atoms with Gasteiger partial charge in [0.2, 0.25) is 0 Å². The van der Waals surface area contributed by atoms with E-state index in [9.17, 15) is 4.79 Å². The summed E-state index contributed by atoms with van der Waals surface area (Å²) in [5, 5.41) is 6.83. The maximum atomic E-state index is 12.1. The fourth-order valence-electron chi connectivity index (χ4n) is 1.57. The van der Waals surface area contributed by atoms with Gasteiger partial charge in [-0.15, -0.1) is 35.1 Å². The smallest absolute Gasteiger partial charge is 0.263 e. The van der Waals surface area contributed by atoms with E-state index in [2.05, 4.69) is 15.6 Å². The Hall–Kier alpha value is -0.660. The molecule has 2 rings (SSSR count). The highest BCUT2D eigenvalue weighted by atomic mass is 35.5. The Balaban J connectivity index is 0.00000220. The van der Waals surface area contributed by atoms with E-state index >= 15 is 0 Å². The van der Waals surface area contributed by atoms with E-state index < -0.39 is 0 Å². The number of nitrogens with zero attached hydrogens (tertiary/aromatic N) is 1. The molecule has 1 amide bonds. The van der Waals surface area contributed by atoms with Crippen molar-refractivity contribution in [2.45, 2.75) is 19.9 Å². The molecule has 0 fully saturated rings. The zero-order valence-electron chi connectivity index (χ0n) is 11.9. The van der Waals surface area contributed by atoms with Gasteiger partial charge in [-0.3, -0.25) is 4.79 Å². The maximum absolute atomic E-state index is 12.1. The summed E-state index contributed by atoms with van der Waals surface area (Å²) in [6.45, 7) is 4.46. The first-order chi connectivity index (χ1) is 9.51. The third kappa shape index (κ3) is 4.66. The quantitative estimate of drug-likeness (QED) is 0.850. The van der Waals surface area contributed by atoms with Gasteiger partial charge in [0.1, 0.15) is 9.88 Å². The second-order valence-electron chi connectivity index (χ2n) is 4.44. The number of carbonyl (C=O) groups is 1. The molecule has 116 valence electrons. The van der Waals surface area contributed by atoms with Crippen molar-refractivity contribution in [3.8, 4) is 9.88 Å². The van der Waals surface area contributed by atoms with Crippen LogP contribution in [0.5, 0.6) is 0 Å². The highest BCUT2D eigenvalue weighted by molar-refractivity contribution is 7.24. The van der Waals surface area contributed by atoms with Crippen LogP contribution >= 0.6 is 46.7 Å². The summed E-state index contributed by atoms with van der Waals surface area (Å²) in [5.41, 5.74) is 0.754. The predicted octanol–water partition coefficient (Wildman–Crippen LogP) is 3.59. The van der Waals surface area contributed by atoms with E-state index in [0.717, 1.165) is 19.9 Å². The Labute approximate surface area is 143 Å². The first-order valence-electron chi connectivity index (χ1n) is 6.20. The van der Waals surface area contributed by atoms with Crippen LogP contribution in [0.1, 0.15) is 22.3 Å². The minimum Gasteiger partial charge on any atom is -0.350 e. The molecule has 0 radical (unpaired) electrons. The summed E-state index contributed by atoms with van der Waals surface area (Å²) in [6.07, 6.45) is 0. The van der Waals surface area contributed by atoms with Gasteiger partial charge in [0, 0.05) is 12.6 Å². The number of aryl methyl sites for hydroxylation is 1. The van der Waals surface area contributed by atoms with Crippen molar-refractivity contribution in [3.05, 3.63) is 27.0 Å². The van der Waals surface area contributed by atoms with E-state index in [-0.39, 0.29) is 24.4 Å². The molecule has 2 N–H and O–H groups in total. The van der Waals surface area contributed by atoms with Gasteiger partial charge >= 0.3 is 0 Å². The van der Waals surface area contributed by atoms with E-state index in [1.807, 2.05) is 33.0 Å². The minimum atomic E-state index is -0.0731. The highest BCUT2D eigenvalue weighted by Gasteiger charge is 2.17. The standard InChI is InChI=1S/C13H16ClN3OS2.ClH/c1-7(15-3)6-16-12(18)11-8(2)17-13(20-11)9-4-5-10(14)19-9;/h4-5,7,15H,6H2,1-3H3,(H,16,18);1H. The number of thiophene rings is 1. The van der Waals surface area contributed by atoms with E-state index in [0.29, 0.717) is 11.4 Å². The van der Waals surface area contributed by atoms with Gasteiger partial charge in [-0.1, -0.05) is 11.6 Å². The fraction of sp³-hybridized carbons (Fsp3) is 0.385. The van der Waals surface area contributed by atoms with Gasteiger partial charge in [-0.2, -0.15) is 0 Å². The monoisotopic (exact) mass is 365 g/mol. The molecule has 4 nitrogen and oxygen atoms in total. The number of thiazole rings is 1. The molecular weight excluding hydrogens is 349 g/mol. The lowest BCUT2D eigenvalue weighted by atomic mass is 10.3. The second-order valence-corrected chi connectivity index (χ2v) is 7.15. The molecule has 8 heteroatoms. The lowest BCUT2D eigenvalue weighted by Crippen LogP contribution is -2.37. The first kappa shape index (κ1) is 18.4. The Morgan fingerprint density at radius 2 is 2.14 bits per heavy atom. The molecule has 2 aromatic rings. The molecule has 2 aromatic heterocycles. The van der Waals surface area contributed by atoms with Crippen molar-refractivity contribution in [2.24, 2.45) is 0 Å². The summed E-state index contributed by atoms with van der Waals surface area (Å²) in [4.78, 5) is 18.3. The fourth-order valence-corrected chi connectivity index (χ4v) is 3.65. The molecule has 2 heterocycles. The van der Waals surface area contributed by atoms with Crippen molar-refractivity contribution >= 4 is 52.6 Å². The van der Waals surface area contributed by atoms with E-state index in [1.54, 1.807) is 0 Å². The van der Waals surface area contributed by atoms with Crippen LogP contribution in [-0.4, -0.2) is 30.5 Å². The summed E-state index contributed by atoms with van der Waals surface area (Å²) in [7, 11) is 1.87. The van der Waals surface area contributed by atoms with E-state index in [1.165, 1.54) is 22.7 Å². The Morgan fingerprint density at radius 3 is 2.71 bits per heavy atom. The predicted molar refractivity (Wildman–Crippen MR) is 93.3 cm³/mol. The van der Waals surface area contributed by atoms with Gasteiger partial charge in [0.15, 0.2) is 0 Å². The van der Waals surface area contributed by atoms with Gasteiger partial charge in [-0.05, 0) is 33.0 Å². The number of aromatic nitrogens is 1. The van der Waals surface area contributed by atoms with Crippen molar-refractivity contribution in [1.82, 2.24) is 15.6 Å². The summed E-state index contributed by atoms with van der Waals surface area (Å²) in [5.74, 6) is -0.0731. The largest absolute Gasteiger partial charge is 0.350 e. The van der Waals surface area contributed by atoms with Crippen molar-refractivity contribution < 1.29 is 4.79 Å². The number of hydrogen-bond donors (Lipinski definition) is 2. The second kappa shape index (κ2) is 8.10. The molecule has 0 saturated carbocycles. The number of hydrogen-bond acceptors (Lipinski definition) is 5. The molecule has 0 spiro atoms. The van der Waals surface area contributed by atoms with Crippen LogP contribution < -0.4 is 10.6 Å². The molecule has 0 aromatic carbocycles. The zero-order valence-corrected chi connectivity index (χ0v) is 15.1. The van der Waals surface area contributed by atoms with Crippen LogP contribution in [0.2, 0.25) is 4.34 Å². The highest BCUT2D eigenvalue weighted by Crippen LogP contribution is 2.34. The maximum Gasteiger partial charge on any atom is 0.263 e. The number of likely N-dealkylation sites (N-methyl/N-ethyl adjacent to an activating group) is 1. The van der Waals surface area contributed by atoms with Crippen LogP contribution in [0.4, 0.5) is 0 Å². The molecule has 0 saturated heterocycles. The van der Waals surface area contributed by atoms with Gasteiger partial charge in [-0.25, -0.2) is 4.98 Å². The molecule has 0 bridgehead atoms.